The zero-order valence-electron chi connectivity index (χ0n) is 19.5. The van der Waals surface area contributed by atoms with Gasteiger partial charge >= 0.3 is 0 Å². The minimum absolute atomic E-state index is 0. The highest BCUT2D eigenvalue weighted by molar-refractivity contribution is 5.83. The van der Waals surface area contributed by atoms with Gasteiger partial charge in [0.1, 0.15) is 24.7 Å². The minimum atomic E-state index is -0.440. The SMILES string of the molecule is COc1ccc(-c2[nH]cc(N=Cc3ccc(N(C)C)cc3)[n+]2CC(=O)C(C)(C)C)cc1.[Br-]. The lowest BCUT2D eigenvalue weighted by atomic mass is 9.91. The number of anilines is 1. The van der Waals surface area contributed by atoms with Crippen molar-refractivity contribution in [3.8, 4) is 17.1 Å². The first-order chi connectivity index (χ1) is 14.7. The van der Waals surface area contributed by atoms with Gasteiger partial charge in [-0.05, 0) is 48.5 Å². The first kappa shape index (κ1) is 25.3. The van der Waals surface area contributed by atoms with E-state index in [-0.39, 0.29) is 29.3 Å². The fourth-order valence-corrected chi connectivity index (χ4v) is 3.04. The molecule has 0 bridgehead atoms. The highest BCUT2D eigenvalue weighted by Gasteiger charge is 2.27. The van der Waals surface area contributed by atoms with Gasteiger partial charge in [0.05, 0.1) is 7.11 Å². The molecular weight excluding hydrogens is 468 g/mol. The number of aromatic amines is 1. The molecule has 3 aromatic rings. The van der Waals surface area contributed by atoms with Crippen molar-refractivity contribution >= 4 is 23.5 Å². The summed E-state index contributed by atoms with van der Waals surface area (Å²) in [6, 6.07) is 15.9. The number of H-pyrrole nitrogens is 1. The Hall–Kier alpha value is -2.93. The number of ether oxygens (including phenoxy) is 1. The van der Waals surface area contributed by atoms with E-state index in [0.29, 0.717) is 5.82 Å². The van der Waals surface area contributed by atoms with Gasteiger partial charge in [-0.3, -0.25) is 9.78 Å². The van der Waals surface area contributed by atoms with Crippen LogP contribution in [0.1, 0.15) is 26.3 Å². The molecule has 0 radical (unpaired) electrons. The van der Waals surface area contributed by atoms with Gasteiger partial charge in [-0.25, -0.2) is 4.57 Å². The largest absolute Gasteiger partial charge is 1.00 e. The quantitative estimate of drug-likeness (QED) is 0.395. The summed E-state index contributed by atoms with van der Waals surface area (Å²) < 4.78 is 7.19. The summed E-state index contributed by atoms with van der Waals surface area (Å²) in [7, 11) is 5.67. The standard InChI is InChI=1S/C25H30N4O2.BrH/c1-25(2,3)22(30)17-29-23(26-15-18-7-11-20(12-8-18)28(4)5)16-27-24(29)19-9-13-21(31-6)14-10-19;/h7-16H,17H2,1-6H3;1H. The van der Waals surface area contributed by atoms with Crippen LogP contribution in [-0.2, 0) is 11.3 Å². The van der Waals surface area contributed by atoms with E-state index < -0.39 is 5.41 Å². The molecule has 1 aromatic heterocycles. The van der Waals surface area contributed by atoms with E-state index in [9.17, 15) is 4.79 Å². The lowest BCUT2D eigenvalue weighted by Gasteiger charge is -2.16. The number of aromatic nitrogens is 2. The second-order valence-electron chi connectivity index (χ2n) is 8.73. The van der Waals surface area contributed by atoms with E-state index in [0.717, 1.165) is 28.4 Å². The van der Waals surface area contributed by atoms with Crippen molar-refractivity contribution in [3.63, 3.8) is 0 Å². The van der Waals surface area contributed by atoms with Gasteiger partial charge in [-0.1, -0.05) is 20.8 Å². The molecule has 0 saturated heterocycles. The van der Waals surface area contributed by atoms with Crippen molar-refractivity contribution in [1.29, 1.82) is 0 Å². The van der Waals surface area contributed by atoms with Crippen LogP contribution < -0.4 is 31.2 Å². The van der Waals surface area contributed by atoms with Gasteiger partial charge < -0.3 is 26.6 Å². The van der Waals surface area contributed by atoms with Crippen LogP contribution in [-0.4, -0.2) is 38.2 Å². The van der Waals surface area contributed by atoms with Crippen molar-refractivity contribution in [3.05, 3.63) is 60.3 Å². The van der Waals surface area contributed by atoms with E-state index in [4.69, 9.17) is 4.74 Å². The monoisotopic (exact) mass is 498 g/mol. The molecule has 0 spiro atoms. The Balaban J connectivity index is 0.00000363. The number of hydrogen-bond acceptors (Lipinski definition) is 4. The number of rotatable bonds is 7. The molecule has 3 rings (SSSR count). The molecule has 0 atom stereocenters. The van der Waals surface area contributed by atoms with Crippen LogP contribution >= 0.6 is 0 Å². The number of carbonyl (C=O) groups excluding carboxylic acids is 1. The minimum Gasteiger partial charge on any atom is -1.00 e. The van der Waals surface area contributed by atoms with Crippen molar-refractivity contribution in [2.75, 3.05) is 26.1 Å². The zero-order valence-corrected chi connectivity index (χ0v) is 21.1. The Morgan fingerprint density at radius 2 is 1.72 bits per heavy atom. The average molecular weight is 499 g/mol. The number of ketones is 1. The lowest BCUT2D eigenvalue weighted by Crippen LogP contribution is -3.00. The van der Waals surface area contributed by atoms with Crippen LogP contribution in [0, 0.1) is 5.41 Å². The molecule has 170 valence electrons. The molecule has 0 saturated carbocycles. The normalized spacial score (nSPS) is 11.3. The third kappa shape index (κ3) is 6.07. The van der Waals surface area contributed by atoms with Crippen molar-refractivity contribution in [1.82, 2.24) is 4.98 Å². The molecule has 1 heterocycles. The lowest BCUT2D eigenvalue weighted by molar-refractivity contribution is -0.659. The fourth-order valence-electron chi connectivity index (χ4n) is 3.04. The second kappa shape index (κ2) is 10.6. The number of halogens is 1. The van der Waals surface area contributed by atoms with Crippen LogP contribution in [0.25, 0.3) is 11.4 Å². The van der Waals surface area contributed by atoms with Crippen LogP contribution in [0.3, 0.4) is 0 Å². The van der Waals surface area contributed by atoms with Crippen molar-refractivity contribution in [2.45, 2.75) is 27.3 Å². The van der Waals surface area contributed by atoms with Crippen LogP contribution in [0.15, 0.2) is 59.7 Å². The number of imidazole rings is 1. The molecule has 0 aliphatic heterocycles. The summed E-state index contributed by atoms with van der Waals surface area (Å²) in [6.07, 6.45) is 3.65. The molecule has 0 aliphatic rings. The maximum Gasteiger partial charge on any atom is 0.294 e. The summed E-state index contributed by atoms with van der Waals surface area (Å²) in [4.78, 5) is 22.9. The number of Topliss-reactive ketones (excluding diaryl/α,β-unsaturated/α-hetero) is 1. The number of hydrogen-bond donors (Lipinski definition) is 1. The molecule has 0 unspecified atom stereocenters. The number of benzene rings is 2. The first-order valence-electron chi connectivity index (χ1n) is 10.3. The predicted octanol–water partition coefficient (Wildman–Crippen LogP) is 1.41. The van der Waals surface area contributed by atoms with Gasteiger partial charge in [0, 0.05) is 36.3 Å². The Kier molecular flexibility index (Phi) is 8.38. The van der Waals surface area contributed by atoms with Crippen LogP contribution in [0.4, 0.5) is 11.5 Å². The molecule has 7 heteroatoms. The third-order valence-corrected chi connectivity index (χ3v) is 5.14. The first-order valence-corrected chi connectivity index (χ1v) is 10.3. The van der Waals surface area contributed by atoms with Crippen molar-refractivity contribution < 1.29 is 31.1 Å². The highest BCUT2D eigenvalue weighted by atomic mass is 79.9. The number of methoxy groups -OCH3 is 1. The molecule has 32 heavy (non-hydrogen) atoms. The number of aliphatic imine (C=N–C) groups is 1. The van der Waals surface area contributed by atoms with Crippen molar-refractivity contribution in [2.24, 2.45) is 10.4 Å². The molecule has 0 fully saturated rings. The van der Waals surface area contributed by atoms with E-state index >= 15 is 0 Å². The predicted molar refractivity (Wildman–Crippen MR) is 125 cm³/mol. The Morgan fingerprint density at radius 3 is 2.25 bits per heavy atom. The molecule has 0 aliphatic carbocycles. The highest BCUT2D eigenvalue weighted by Crippen LogP contribution is 2.22. The van der Waals surface area contributed by atoms with Gasteiger partial charge in [0.15, 0.2) is 5.78 Å². The average Bonchev–Trinajstić information content (AvgIpc) is 3.14. The summed E-state index contributed by atoms with van der Waals surface area (Å²) in [5.41, 5.74) is 2.64. The molecular formula is C25H31BrN4O2. The number of nitrogens with zero attached hydrogens (tertiary/aromatic N) is 3. The van der Waals surface area contributed by atoms with Gasteiger partial charge in [-0.2, -0.15) is 0 Å². The van der Waals surface area contributed by atoms with E-state index in [1.807, 2.05) is 88.2 Å². The van der Waals surface area contributed by atoms with E-state index in [1.54, 1.807) is 7.11 Å². The van der Waals surface area contributed by atoms with Gasteiger partial charge in [-0.15, -0.1) is 4.99 Å². The van der Waals surface area contributed by atoms with Gasteiger partial charge in [0.2, 0.25) is 5.82 Å². The van der Waals surface area contributed by atoms with E-state index in [2.05, 4.69) is 27.0 Å². The molecule has 1 N–H and O–H groups in total. The van der Waals surface area contributed by atoms with Crippen LogP contribution in [0.2, 0.25) is 0 Å². The van der Waals surface area contributed by atoms with Gasteiger partial charge in [0.25, 0.3) is 5.82 Å². The molecule has 2 aromatic carbocycles. The Bertz CT molecular complexity index is 1060. The maximum absolute atomic E-state index is 12.8. The zero-order chi connectivity index (χ0) is 22.6. The number of carbonyl (C=O) groups is 1. The fraction of sp³-hybridized carbons (Fsp3) is 0.320. The summed E-state index contributed by atoms with van der Waals surface area (Å²) >= 11 is 0. The molecule has 0 amide bonds. The second-order valence-corrected chi connectivity index (χ2v) is 8.73. The topological polar surface area (TPSA) is 61.6 Å². The Morgan fingerprint density at radius 1 is 1.09 bits per heavy atom. The smallest absolute Gasteiger partial charge is 0.294 e. The molecule has 6 nitrogen and oxygen atoms in total. The Labute approximate surface area is 200 Å². The van der Waals surface area contributed by atoms with Crippen LogP contribution in [0.5, 0.6) is 5.75 Å². The maximum atomic E-state index is 12.8. The summed E-state index contributed by atoms with van der Waals surface area (Å²) in [6.45, 7) is 6.04. The third-order valence-electron chi connectivity index (χ3n) is 5.14. The summed E-state index contributed by atoms with van der Waals surface area (Å²) in [5.74, 6) is 2.45. The van der Waals surface area contributed by atoms with E-state index in [1.165, 1.54) is 0 Å². The summed E-state index contributed by atoms with van der Waals surface area (Å²) in [5, 5.41) is 0. The number of nitrogens with one attached hydrogen (secondary N) is 1.